The Morgan fingerprint density at radius 2 is 1.07 bits per heavy atom. The number of rotatable bonds is 3. The van der Waals surface area contributed by atoms with Gasteiger partial charge in [0.25, 0.3) is 0 Å². The number of fused-ring (bicyclic) bond motifs is 8. The van der Waals surface area contributed by atoms with Gasteiger partial charge in [0.15, 0.2) is 17.5 Å². The molecule has 0 amide bonds. The summed E-state index contributed by atoms with van der Waals surface area (Å²) in [5, 5.41) is 7.76. The van der Waals surface area contributed by atoms with Crippen LogP contribution in [0.1, 0.15) is 0 Å². The van der Waals surface area contributed by atoms with Gasteiger partial charge in [-0.1, -0.05) is 109 Å². The summed E-state index contributed by atoms with van der Waals surface area (Å²) < 4.78 is 6.20. The third-order valence-corrected chi connectivity index (χ3v) is 8.15. The van der Waals surface area contributed by atoms with Crippen molar-refractivity contribution < 1.29 is 4.42 Å². The Labute approximate surface area is 246 Å². The van der Waals surface area contributed by atoms with Crippen molar-refractivity contribution in [1.29, 1.82) is 0 Å². The van der Waals surface area contributed by atoms with Crippen molar-refractivity contribution in [3.63, 3.8) is 0 Å². The van der Waals surface area contributed by atoms with Gasteiger partial charge in [-0.2, -0.15) is 0 Å². The second-order valence-corrected chi connectivity index (χ2v) is 10.7. The minimum atomic E-state index is 0.575. The van der Waals surface area contributed by atoms with E-state index in [1.165, 1.54) is 16.2 Å². The first-order valence-corrected chi connectivity index (χ1v) is 14.2. The zero-order chi connectivity index (χ0) is 28.3. The quantitative estimate of drug-likeness (QED) is 0.205. The van der Waals surface area contributed by atoms with Gasteiger partial charge in [-0.25, -0.2) is 15.0 Å². The van der Waals surface area contributed by atoms with Crippen molar-refractivity contribution in [3.05, 3.63) is 134 Å². The molecule has 0 fully saturated rings. The van der Waals surface area contributed by atoms with E-state index in [0.717, 1.165) is 54.9 Å². The van der Waals surface area contributed by atoms with E-state index in [2.05, 4.69) is 60.7 Å². The maximum absolute atomic E-state index is 6.20. The second-order valence-electron chi connectivity index (χ2n) is 10.7. The molecule has 0 saturated heterocycles. The number of hydrogen-bond acceptors (Lipinski definition) is 5. The molecule has 0 radical (unpaired) electrons. The molecule has 0 bridgehead atoms. The molecule has 0 aliphatic heterocycles. The molecule has 0 saturated carbocycles. The number of benzene rings is 6. The normalized spacial score (nSPS) is 11.7. The lowest BCUT2D eigenvalue weighted by molar-refractivity contribution is 0.669. The molecule has 0 N–H and O–H groups in total. The van der Waals surface area contributed by atoms with Crippen molar-refractivity contribution >= 4 is 54.4 Å². The summed E-state index contributed by atoms with van der Waals surface area (Å²) in [4.78, 5) is 20.1. The zero-order valence-corrected chi connectivity index (χ0v) is 22.9. The third-order valence-electron chi connectivity index (χ3n) is 8.15. The number of furan rings is 1. The van der Waals surface area contributed by atoms with Crippen molar-refractivity contribution in [1.82, 2.24) is 19.9 Å². The Bertz CT molecular complexity index is 2520. The summed E-state index contributed by atoms with van der Waals surface area (Å²) in [6.07, 6.45) is 1.95. The summed E-state index contributed by atoms with van der Waals surface area (Å²) >= 11 is 0. The number of pyridine rings is 1. The first kappa shape index (κ1) is 23.7. The number of aromatic nitrogens is 4. The summed E-state index contributed by atoms with van der Waals surface area (Å²) in [6, 6.07) is 43.2. The summed E-state index contributed by atoms with van der Waals surface area (Å²) in [7, 11) is 0. The standard InChI is InChI=1S/C38H22N4O/c1-2-11-24(12-3-1)36-40-37(29-16-9-19-32-34(29)27-14-6-7-18-31(27)43-32)42-38(41-36)30-17-8-15-28-33-25(22-39-35(28)30)21-20-23-10-4-5-13-26(23)33/h1-22H. The van der Waals surface area contributed by atoms with Crippen LogP contribution in [-0.4, -0.2) is 19.9 Å². The topological polar surface area (TPSA) is 64.7 Å². The van der Waals surface area contributed by atoms with E-state index in [1.807, 2.05) is 72.9 Å². The maximum Gasteiger partial charge on any atom is 0.166 e. The lowest BCUT2D eigenvalue weighted by Gasteiger charge is -2.12. The van der Waals surface area contributed by atoms with Gasteiger partial charge in [0.1, 0.15) is 11.2 Å². The van der Waals surface area contributed by atoms with Crippen molar-refractivity contribution in [2.75, 3.05) is 0 Å². The highest BCUT2D eigenvalue weighted by Crippen LogP contribution is 2.38. The van der Waals surface area contributed by atoms with E-state index in [1.54, 1.807) is 0 Å². The van der Waals surface area contributed by atoms with E-state index in [4.69, 9.17) is 24.4 Å². The Kier molecular flexibility index (Phi) is 5.13. The maximum atomic E-state index is 6.20. The molecule has 9 aromatic rings. The highest BCUT2D eigenvalue weighted by molar-refractivity contribution is 6.20. The van der Waals surface area contributed by atoms with E-state index in [-0.39, 0.29) is 0 Å². The highest BCUT2D eigenvalue weighted by atomic mass is 16.3. The van der Waals surface area contributed by atoms with Crippen molar-refractivity contribution in [3.8, 4) is 34.2 Å². The molecule has 0 spiro atoms. The van der Waals surface area contributed by atoms with Crippen LogP contribution >= 0.6 is 0 Å². The third kappa shape index (κ3) is 3.72. The smallest absolute Gasteiger partial charge is 0.166 e. The molecule has 5 nitrogen and oxygen atoms in total. The lowest BCUT2D eigenvalue weighted by atomic mass is 9.98. The fourth-order valence-electron chi connectivity index (χ4n) is 6.19. The summed E-state index contributed by atoms with van der Waals surface area (Å²) in [5.74, 6) is 1.77. The van der Waals surface area contributed by atoms with Crippen LogP contribution < -0.4 is 0 Å². The van der Waals surface area contributed by atoms with Gasteiger partial charge >= 0.3 is 0 Å². The molecule has 3 heterocycles. The van der Waals surface area contributed by atoms with Gasteiger partial charge in [0, 0.05) is 49.8 Å². The van der Waals surface area contributed by atoms with Crippen molar-refractivity contribution in [2.24, 2.45) is 0 Å². The molecular weight excluding hydrogens is 528 g/mol. The van der Waals surface area contributed by atoms with Crippen LogP contribution in [0.2, 0.25) is 0 Å². The Hall–Kier alpha value is -5.94. The molecule has 5 heteroatoms. The monoisotopic (exact) mass is 550 g/mol. The molecule has 0 aliphatic carbocycles. The highest BCUT2D eigenvalue weighted by Gasteiger charge is 2.19. The molecule has 0 unspecified atom stereocenters. The fraction of sp³-hybridized carbons (Fsp3) is 0. The predicted octanol–water partition coefficient (Wildman–Crippen LogP) is 9.63. The summed E-state index contributed by atoms with van der Waals surface area (Å²) in [6.45, 7) is 0. The molecular formula is C38H22N4O. The second kappa shape index (κ2) is 9.29. The average Bonchev–Trinajstić information content (AvgIpc) is 3.47. The molecule has 9 rings (SSSR count). The number of hydrogen-bond donors (Lipinski definition) is 0. The van der Waals surface area contributed by atoms with Crippen LogP contribution in [-0.2, 0) is 0 Å². The number of para-hydroxylation sites is 2. The molecule has 0 aliphatic rings. The molecule has 0 atom stereocenters. The molecule has 3 aromatic heterocycles. The van der Waals surface area contributed by atoms with Crippen LogP contribution in [0.4, 0.5) is 0 Å². The van der Waals surface area contributed by atoms with Gasteiger partial charge in [-0.05, 0) is 29.0 Å². The van der Waals surface area contributed by atoms with E-state index < -0.39 is 0 Å². The Morgan fingerprint density at radius 3 is 1.98 bits per heavy atom. The van der Waals surface area contributed by atoms with Gasteiger partial charge in [0.2, 0.25) is 0 Å². The Morgan fingerprint density at radius 1 is 0.419 bits per heavy atom. The zero-order valence-electron chi connectivity index (χ0n) is 22.9. The van der Waals surface area contributed by atoms with Gasteiger partial charge in [0.05, 0.1) is 5.52 Å². The lowest BCUT2D eigenvalue weighted by Crippen LogP contribution is -2.01. The van der Waals surface area contributed by atoms with Gasteiger partial charge in [-0.15, -0.1) is 0 Å². The Balaban J connectivity index is 1.35. The minimum absolute atomic E-state index is 0.575. The molecule has 200 valence electrons. The fourth-order valence-corrected chi connectivity index (χ4v) is 6.19. The van der Waals surface area contributed by atoms with Crippen LogP contribution in [0.3, 0.4) is 0 Å². The predicted molar refractivity (Wildman–Crippen MR) is 174 cm³/mol. The van der Waals surface area contributed by atoms with Crippen LogP contribution in [0.25, 0.3) is 88.5 Å². The first-order valence-electron chi connectivity index (χ1n) is 14.2. The number of nitrogens with zero attached hydrogens (tertiary/aromatic N) is 4. The van der Waals surface area contributed by atoms with Crippen LogP contribution in [0.15, 0.2) is 138 Å². The van der Waals surface area contributed by atoms with Crippen LogP contribution in [0, 0.1) is 0 Å². The minimum Gasteiger partial charge on any atom is -0.456 e. The first-order chi connectivity index (χ1) is 21.3. The van der Waals surface area contributed by atoms with Crippen LogP contribution in [0.5, 0.6) is 0 Å². The molecule has 6 aromatic carbocycles. The van der Waals surface area contributed by atoms with E-state index >= 15 is 0 Å². The van der Waals surface area contributed by atoms with E-state index in [0.29, 0.717) is 17.5 Å². The van der Waals surface area contributed by atoms with E-state index in [9.17, 15) is 0 Å². The average molecular weight is 551 g/mol. The van der Waals surface area contributed by atoms with Gasteiger partial charge < -0.3 is 4.42 Å². The van der Waals surface area contributed by atoms with Gasteiger partial charge in [-0.3, -0.25) is 4.98 Å². The SMILES string of the molecule is c1ccc(-c2nc(-c3cccc4c3ncc3ccc5ccccc5c34)nc(-c3cccc4oc5ccccc5c34)n2)cc1. The largest absolute Gasteiger partial charge is 0.456 e. The summed E-state index contributed by atoms with van der Waals surface area (Å²) in [5.41, 5.74) is 5.16. The van der Waals surface area contributed by atoms with Crippen molar-refractivity contribution in [2.45, 2.75) is 0 Å². The molecule has 43 heavy (non-hydrogen) atoms.